The lowest BCUT2D eigenvalue weighted by atomic mass is 9.95. The highest BCUT2D eigenvalue weighted by Gasteiger charge is 2.19. The van der Waals surface area contributed by atoms with Crippen molar-refractivity contribution in [3.63, 3.8) is 0 Å². The molecule has 0 spiro atoms. The van der Waals surface area contributed by atoms with Crippen LogP contribution in [0.4, 0.5) is 0 Å². The molecule has 0 saturated carbocycles. The van der Waals surface area contributed by atoms with Crippen LogP contribution >= 0.6 is 0 Å². The first-order valence-electron chi connectivity index (χ1n) is 8.92. The fourth-order valence-corrected chi connectivity index (χ4v) is 3.72. The van der Waals surface area contributed by atoms with Crippen molar-refractivity contribution in [1.82, 2.24) is 14.8 Å². The van der Waals surface area contributed by atoms with Gasteiger partial charge in [-0.1, -0.05) is 48.5 Å². The van der Waals surface area contributed by atoms with E-state index in [4.69, 9.17) is 10.1 Å². The van der Waals surface area contributed by atoms with Gasteiger partial charge in [0.25, 0.3) is 0 Å². The average molecular weight is 325 g/mol. The Morgan fingerprint density at radius 3 is 2.32 bits per heavy atom. The summed E-state index contributed by atoms with van der Waals surface area (Å²) in [5.74, 6) is 0. The van der Waals surface area contributed by atoms with Gasteiger partial charge in [-0.25, -0.2) is 9.67 Å². The summed E-state index contributed by atoms with van der Waals surface area (Å²) < 4.78 is 1.99. The van der Waals surface area contributed by atoms with Crippen LogP contribution in [0, 0.1) is 0 Å². The Morgan fingerprint density at radius 1 is 0.800 bits per heavy atom. The summed E-state index contributed by atoms with van der Waals surface area (Å²) in [5, 5.41) is 6.10. The van der Waals surface area contributed by atoms with Crippen LogP contribution < -0.4 is 0 Å². The molecule has 0 unspecified atom stereocenters. The number of para-hydroxylation sites is 1. The zero-order chi connectivity index (χ0) is 16.6. The highest BCUT2D eigenvalue weighted by atomic mass is 15.3. The molecule has 122 valence electrons. The molecule has 2 heterocycles. The average Bonchev–Trinajstić information content (AvgIpc) is 3.06. The number of aromatic nitrogens is 3. The fraction of sp³-hybridized carbons (Fsp3) is 0.182. The Bertz CT molecular complexity index is 950. The zero-order valence-electron chi connectivity index (χ0n) is 14.0. The summed E-state index contributed by atoms with van der Waals surface area (Å²) in [5.41, 5.74) is 6.81. The molecule has 0 aliphatic heterocycles. The second-order valence-corrected chi connectivity index (χ2v) is 6.63. The molecule has 3 nitrogen and oxygen atoms in total. The van der Waals surface area contributed by atoms with E-state index in [1.54, 1.807) is 0 Å². The van der Waals surface area contributed by atoms with Gasteiger partial charge in [0.15, 0.2) is 5.65 Å². The van der Waals surface area contributed by atoms with Crippen molar-refractivity contribution in [2.75, 3.05) is 0 Å². The van der Waals surface area contributed by atoms with Gasteiger partial charge in [-0.05, 0) is 49.4 Å². The molecule has 0 atom stereocenters. The van der Waals surface area contributed by atoms with E-state index in [1.807, 2.05) is 28.9 Å². The SMILES string of the molecule is c1ccc(-c2nn(-c3ccccc3)c3nc4c(cc23)CCCC4)cc1. The predicted molar refractivity (Wildman–Crippen MR) is 101 cm³/mol. The van der Waals surface area contributed by atoms with Gasteiger partial charge in [-0.2, -0.15) is 5.10 Å². The van der Waals surface area contributed by atoms with Crippen LogP contribution in [0.3, 0.4) is 0 Å². The molecule has 2 aromatic carbocycles. The smallest absolute Gasteiger partial charge is 0.163 e. The van der Waals surface area contributed by atoms with Gasteiger partial charge in [0.1, 0.15) is 5.69 Å². The maximum atomic E-state index is 5.04. The van der Waals surface area contributed by atoms with Crippen LogP contribution in [0.5, 0.6) is 0 Å². The van der Waals surface area contributed by atoms with Crippen molar-refractivity contribution < 1.29 is 0 Å². The second kappa shape index (κ2) is 5.85. The number of benzene rings is 2. The van der Waals surface area contributed by atoms with Crippen molar-refractivity contribution in [3.05, 3.63) is 78.0 Å². The van der Waals surface area contributed by atoms with E-state index in [9.17, 15) is 0 Å². The van der Waals surface area contributed by atoms with Crippen LogP contribution in [-0.2, 0) is 12.8 Å². The summed E-state index contributed by atoms with van der Waals surface area (Å²) >= 11 is 0. The van der Waals surface area contributed by atoms with Crippen LogP contribution in [0.2, 0.25) is 0 Å². The lowest BCUT2D eigenvalue weighted by Gasteiger charge is -2.14. The van der Waals surface area contributed by atoms with Crippen molar-refractivity contribution >= 4 is 11.0 Å². The van der Waals surface area contributed by atoms with Gasteiger partial charge in [-0.15, -0.1) is 0 Å². The van der Waals surface area contributed by atoms with Gasteiger partial charge in [0.05, 0.1) is 5.69 Å². The maximum absolute atomic E-state index is 5.04. The number of hydrogen-bond acceptors (Lipinski definition) is 2. The molecule has 1 aliphatic rings. The van der Waals surface area contributed by atoms with Crippen molar-refractivity contribution in [3.8, 4) is 16.9 Å². The first-order chi connectivity index (χ1) is 12.4. The largest absolute Gasteiger partial charge is 0.233 e. The van der Waals surface area contributed by atoms with E-state index in [-0.39, 0.29) is 0 Å². The molecule has 2 aromatic heterocycles. The van der Waals surface area contributed by atoms with Crippen molar-refractivity contribution in [2.45, 2.75) is 25.7 Å². The number of hydrogen-bond donors (Lipinski definition) is 0. The molecule has 0 N–H and O–H groups in total. The van der Waals surface area contributed by atoms with E-state index >= 15 is 0 Å². The number of pyridine rings is 1. The minimum atomic E-state index is 0.964. The second-order valence-electron chi connectivity index (χ2n) is 6.63. The molecule has 25 heavy (non-hydrogen) atoms. The summed E-state index contributed by atoms with van der Waals surface area (Å²) in [6.45, 7) is 0. The van der Waals surface area contributed by atoms with Crippen LogP contribution in [0.25, 0.3) is 28.0 Å². The minimum absolute atomic E-state index is 0.964. The van der Waals surface area contributed by atoms with Crippen molar-refractivity contribution in [2.24, 2.45) is 0 Å². The highest BCUT2D eigenvalue weighted by Crippen LogP contribution is 2.32. The normalized spacial score (nSPS) is 13.8. The molecule has 0 amide bonds. The number of aryl methyl sites for hydroxylation is 2. The van der Waals surface area contributed by atoms with Crippen LogP contribution in [0.15, 0.2) is 66.7 Å². The van der Waals surface area contributed by atoms with Gasteiger partial charge in [-0.3, -0.25) is 0 Å². The quantitative estimate of drug-likeness (QED) is 0.521. The van der Waals surface area contributed by atoms with E-state index in [1.165, 1.54) is 24.1 Å². The zero-order valence-corrected chi connectivity index (χ0v) is 14.0. The third-order valence-electron chi connectivity index (χ3n) is 4.98. The Morgan fingerprint density at radius 2 is 1.52 bits per heavy atom. The first-order valence-corrected chi connectivity index (χ1v) is 8.92. The summed E-state index contributed by atoms with van der Waals surface area (Å²) in [7, 11) is 0. The van der Waals surface area contributed by atoms with E-state index in [0.717, 1.165) is 40.8 Å². The topological polar surface area (TPSA) is 30.7 Å². The number of nitrogens with zero attached hydrogens (tertiary/aromatic N) is 3. The van der Waals surface area contributed by atoms with Gasteiger partial charge >= 0.3 is 0 Å². The van der Waals surface area contributed by atoms with Gasteiger partial charge in [0.2, 0.25) is 0 Å². The maximum Gasteiger partial charge on any atom is 0.163 e. The van der Waals surface area contributed by atoms with Gasteiger partial charge in [0, 0.05) is 16.6 Å². The Balaban J connectivity index is 1.82. The van der Waals surface area contributed by atoms with Crippen LogP contribution in [-0.4, -0.2) is 14.8 Å². The first kappa shape index (κ1) is 14.4. The number of fused-ring (bicyclic) bond motifs is 2. The van der Waals surface area contributed by atoms with Crippen molar-refractivity contribution in [1.29, 1.82) is 0 Å². The lowest BCUT2D eigenvalue weighted by Crippen LogP contribution is -2.06. The molecule has 0 bridgehead atoms. The Hall–Kier alpha value is -2.94. The summed E-state index contributed by atoms with van der Waals surface area (Å²) in [6.07, 6.45) is 4.69. The molecule has 5 rings (SSSR count). The number of rotatable bonds is 2. The van der Waals surface area contributed by atoms with Crippen LogP contribution in [0.1, 0.15) is 24.1 Å². The lowest BCUT2D eigenvalue weighted by molar-refractivity contribution is 0.670. The fourth-order valence-electron chi connectivity index (χ4n) is 3.72. The molecular weight excluding hydrogens is 306 g/mol. The molecule has 0 fully saturated rings. The molecule has 1 aliphatic carbocycles. The predicted octanol–water partition coefficient (Wildman–Crippen LogP) is 4.97. The summed E-state index contributed by atoms with van der Waals surface area (Å²) in [6, 6.07) is 23.0. The van der Waals surface area contributed by atoms with E-state index < -0.39 is 0 Å². The van der Waals surface area contributed by atoms with Gasteiger partial charge < -0.3 is 0 Å². The van der Waals surface area contributed by atoms with E-state index in [0.29, 0.717) is 0 Å². The molecule has 0 saturated heterocycles. The monoisotopic (exact) mass is 325 g/mol. The molecule has 3 heteroatoms. The molecular formula is C22H19N3. The summed E-state index contributed by atoms with van der Waals surface area (Å²) in [4.78, 5) is 5.04. The Kier molecular flexibility index (Phi) is 3.37. The molecule has 4 aromatic rings. The standard InChI is InChI=1S/C22H19N3/c1-3-9-16(10-4-1)21-19-15-17-11-7-8-14-20(17)23-22(19)25(24-21)18-12-5-2-6-13-18/h1-6,9-10,12-13,15H,7-8,11,14H2. The van der Waals surface area contributed by atoms with E-state index in [2.05, 4.69) is 42.5 Å². The highest BCUT2D eigenvalue weighted by molar-refractivity contribution is 5.92. The molecule has 0 radical (unpaired) electrons. The minimum Gasteiger partial charge on any atom is -0.233 e. The third kappa shape index (κ3) is 2.43. The Labute approximate surface area is 147 Å². The third-order valence-corrected chi connectivity index (χ3v) is 4.98.